The molecule has 1 aliphatic rings. The number of nitrogens with zero attached hydrogens (tertiary/aromatic N) is 4. The molecule has 1 N–H and O–H groups in total. The number of nitrogens with one attached hydrogen (secondary N) is 1. The van der Waals surface area contributed by atoms with Gasteiger partial charge in [-0.25, -0.2) is 4.98 Å². The summed E-state index contributed by atoms with van der Waals surface area (Å²) >= 11 is 2.53. The Hall–Kier alpha value is -2.26. The van der Waals surface area contributed by atoms with E-state index in [0.717, 1.165) is 17.2 Å². The van der Waals surface area contributed by atoms with Gasteiger partial charge in [0, 0.05) is 24.6 Å². The Kier molecular flexibility index (Phi) is 3.58. The predicted octanol–water partition coefficient (Wildman–Crippen LogP) is 1.61. The Morgan fingerprint density at radius 3 is 3.13 bits per heavy atom. The lowest BCUT2D eigenvalue weighted by Gasteiger charge is -2.23. The van der Waals surface area contributed by atoms with Gasteiger partial charge in [-0.15, -0.1) is 0 Å². The monoisotopic (exact) mass is 345 g/mol. The average Bonchev–Trinajstić information content (AvgIpc) is 3.04. The van der Waals surface area contributed by atoms with Gasteiger partial charge in [-0.05, 0) is 12.1 Å². The van der Waals surface area contributed by atoms with E-state index in [2.05, 4.69) is 19.0 Å². The second-order valence-electron chi connectivity index (χ2n) is 5.11. The SMILES string of the molecule is O=C(Nc1cccc2nsnc12)C1CSc2nccc(=O)n2C1. The fourth-order valence-electron chi connectivity index (χ4n) is 2.45. The maximum Gasteiger partial charge on any atom is 0.254 e. The zero-order valence-electron chi connectivity index (χ0n) is 11.8. The first kappa shape index (κ1) is 14.3. The molecule has 1 aromatic carbocycles. The highest BCUT2D eigenvalue weighted by Gasteiger charge is 2.27. The normalized spacial score (nSPS) is 17.0. The van der Waals surface area contributed by atoms with Crippen LogP contribution in [0.5, 0.6) is 0 Å². The molecule has 0 aliphatic carbocycles. The molecular formula is C14H11N5O2S2. The fourth-order valence-corrected chi connectivity index (χ4v) is 4.06. The molecule has 2 aromatic heterocycles. The summed E-state index contributed by atoms with van der Waals surface area (Å²) in [4.78, 5) is 28.6. The maximum atomic E-state index is 12.5. The van der Waals surface area contributed by atoms with Crippen molar-refractivity contribution in [2.45, 2.75) is 11.7 Å². The molecule has 1 atom stereocenters. The van der Waals surface area contributed by atoms with Crippen LogP contribution in [0.4, 0.5) is 5.69 Å². The van der Waals surface area contributed by atoms with Crippen molar-refractivity contribution >= 4 is 46.1 Å². The molecule has 0 fully saturated rings. The van der Waals surface area contributed by atoms with E-state index in [9.17, 15) is 9.59 Å². The fraction of sp³-hybridized carbons (Fsp3) is 0.214. The number of amides is 1. The van der Waals surface area contributed by atoms with Crippen molar-refractivity contribution in [1.29, 1.82) is 0 Å². The molecule has 23 heavy (non-hydrogen) atoms. The van der Waals surface area contributed by atoms with Crippen LogP contribution in [0.15, 0.2) is 40.4 Å². The highest BCUT2D eigenvalue weighted by Crippen LogP contribution is 2.27. The molecule has 3 aromatic rings. The Balaban J connectivity index is 1.58. The van der Waals surface area contributed by atoms with E-state index in [-0.39, 0.29) is 17.4 Å². The summed E-state index contributed by atoms with van der Waals surface area (Å²) in [7, 11) is 0. The first-order valence-corrected chi connectivity index (χ1v) is 8.65. The van der Waals surface area contributed by atoms with E-state index in [1.54, 1.807) is 10.6 Å². The van der Waals surface area contributed by atoms with Crippen LogP contribution >= 0.6 is 23.5 Å². The number of hydrogen-bond donors (Lipinski definition) is 1. The lowest BCUT2D eigenvalue weighted by atomic mass is 10.1. The van der Waals surface area contributed by atoms with E-state index in [1.807, 2.05) is 12.1 Å². The zero-order valence-corrected chi connectivity index (χ0v) is 13.4. The molecule has 7 nitrogen and oxygen atoms in total. The van der Waals surface area contributed by atoms with Gasteiger partial charge >= 0.3 is 0 Å². The van der Waals surface area contributed by atoms with E-state index >= 15 is 0 Å². The molecule has 0 saturated heterocycles. The number of thioether (sulfide) groups is 1. The molecule has 0 radical (unpaired) electrons. The first-order chi connectivity index (χ1) is 11.2. The number of fused-ring (bicyclic) bond motifs is 2. The van der Waals surface area contributed by atoms with Crippen LogP contribution in [0.2, 0.25) is 0 Å². The minimum Gasteiger partial charge on any atom is -0.324 e. The van der Waals surface area contributed by atoms with Crippen molar-refractivity contribution < 1.29 is 4.79 Å². The number of hydrogen-bond acceptors (Lipinski definition) is 7. The molecule has 1 amide bonds. The molecule has 3 heterocycles. The van der Waals surface area contributed by atoms with Crippen LogP contribution in [0.3, 0.4) is 0 Å². The largest absolute Gasteiger partial charge is 0.324 e. The van der Waals surface area contributed by atoms with Crippen LogP contribution in [0.25, 0.3) is 11.0 Å². The van der Waals surface area contributed by atoms with Crippen molar-refractivity contribution in [1.82, 2.24) is 18.3 Å². The van der Waals surface area contributed by atoms with Gasteiger partial charge in [0.2, 0.25) is 5.91 Å². The molecule has 9 heteroatoms. The van der Waals surface area contributed by atoms with Crippen molar-refractivity contribution in [2.24, 2.45) is 5.92 Å². The van der Waals surface area contributed by atoms with Crippen molar-refractivity contribution in [3.05, 3.63) is 40.8 Å². The van der Waals surface area contributed by atoms with Gasteiger partial charge in [0.05, 0.1) is 23.3 Å². The number of anilines is 1. The molecule has 0 spiro atoms. The predicted molar refractivity (Wildman–Crippen MR) is 88.8 cm³/mol. The third-order valence-electron chi connectivity index (χ3n) is 3.63. The van der Waals surface area contributed by atoms with Crippen molar-refractivity contribution in [3.8, 4) is 0 Å². The second-order valence-corrected chi connectivity index (χ2v) is 6.63. The summed E-state index contributed by atoms with van der Waals surface area (Å²) in [5.74, 6) is 0.170. The molecule has 1 unspecified atom stereocenters. The van der Waals surface area contributed by atoms with E-state index in [0.29, 0.717) is 28.7 Å². The van der Waals surface area contributed by atoms with E-state index in [4.69, 9.17) is 0 Å². The zero-order chi connectivity index (χ0) is 15.8. The standard InChI is InChI=1S/C14H11N5O2S2/c20-11-4-5-15-14-19(11)6-8(7-22-14)13(21)16-9-2-1-3-10-12(9)18-23-17-10/h1-5,8H,6-7H2,(H,16,21). The Morgan fingerprint density at radius 2 is 2.22 bits per heavy atom. The molecule has 0 saturated carbocycles. The van der Waals surface area contributed by atoms with Crippen molar-refractivity contribution in [3.63, 3.8) is 0 Å². The lowest BCUT2D eigenvalue weighted by Crippen LogP contribution is -2.36. The highest BCUT2D eigenvalue weighted by molar-refractivity contribution is 7.99. The lowest BCUT2D eigenvalue weighted by molar-refractivity contribution is -0.119. The van der Waals surface area contributed by atoms with Gasteiger partial charge in [-0.1, -0.05) is 17.8 Å². The van der Waals surface area contributed by atoms with Gasteiger partial charge in [-0.2, -0.15) is 8.75 Å². The summed E-state index contributed by atoms with van der Waals surface area (Å²) in [6.07, 6.45) is 1.50. The van der Waals surface area contributed by atoms with Gasteiger partial charge in [0.15, 0.2) is 5.16 Å². The number of benzene rings is 1. The van der Waals surface area contributed by atoms with Crippen LogP contribution in [-0.2, 0) is 11.3 Å². The molecule has 116 valence electrons. The Morgan fingerprint density at radius 1 is 1.30 bits per heavy atom. The van der Waals surface area contributed by atoms with Gasteiger partial charge < -0.3 is 5.32 Å². The van der Waals surface area contributed by atoms with Gasteiger partial charge in [-0.3, -0.25) is 14.2 Å². The topological polar surface area (TPSA) is 89.8 Å². The second kappa shape index (κ2) is 5.74. The van der Waals surface area contributed by atoms with Crippen LogP contribution < -0.4 is 10.9 Å². The molecule has 0 bridgehead atoms. The van der Waals surface area contributed by atoms with Crippen LogP contribution in [0.1, 0.15) is 0 Å². The highest BCUT2D eigenvalue weighted by atomic mass is 32.2. The third kappa shape index (κ3) is 2.62. The summed E-state index contributed by atoms with van der Waals surface area (Å²) in [5, 5.41) is 3.57. The van der Waals surface area contributed by atoms with Gasteiger partial charge in [0.25, 0.3) is 5.56 Å². The quantitative estimate of drug-likeness (QED) is 0.710. The number of carbonyl (C=O) groups is 1. The summed E-state index contributed by atoms with van der Waals surface area (Å²) in [6.45, 7) is 0.339. The number of aromatic nitrogens is 4. The summed E-state index contributed by atoms with van der Waals surface area (Å²) in [6, 6.07) is 6.90. The van der Waals surface area contributed by atoms with Crippen LogP contribution in [-0.4, -0.2) is 30.0 Å². The number of rotatable bonds is 2. The Labute approximate surface area is 139 Å². The molecule has 4 rings (SSSR count). The average molecular weight is 345 g/mol. The van der Waals surface area contributed by atoms with E-state index in [1.165, 1.54) is 24.0 Å². The van der Waals surface area contributed by atoms with E-state index < -0.39 is 0 Å². The van der Waals surface area contributed by atoms with Gasteiger partial charge in [0.1, 0.15) is 11.0 Å². The first-order valence-electron chi connectivity index (χ1n) is 6.93. The smallest absolute Gasteiger partial charge is 0.254 e. The third-order valence-corrected chi connectivity index (χ3v) is 5.33. The maximum absolute atomic E-state index is 12.5. The molecule has 1 aliphatic heterocycles. The minimum absolute atomic E-state index is 0.126. The number of carbonyl (C=O) groups excluding carboxylic acids is 1. The molecular weight excluding hydrogens is 334 g/mol. The van der Waals surface area contributed by atoms with Crippen molar-refractivity contribution in [2.75, 3.05) is 11.1 Å². The van der Waals surface area contributed by atoms with Crippen LogP contribution in [0, 0.1) is 5.92 Å². The summed E-state index contributed by atoms with van der Waals surface area (Å²) in [5.41, 5.74) is 1.96. The Bertz CT molecular complexity index is 951. The minimum atomic E-state index is -0.295. The summed E-state index contributed by atoms with van der Waals surface area (Å²) < 4.78 is 9.92.